The summed E-state index contributed by atoms with van der Waals surface area (Å²) in [5.41, 5.74) is 2.59. The molecule has 1 N–H and O–H groups in total. The predicted molar refractivity (Wildman–Crippen MR) is 69.6 cm³/mol. The van der Waals surface area contributed by atoms with E-state index >= 15 is 0 Å². The number of halogens is 1. The van der Waals surface area contributed by atoms with Crippen LogP contribution in [-0.4, -0.2) is 6.54 Å². The lowest BCUT2D eigenvalue weighted by molar-refractivity contribution is 0.252. The van der Waals surface area contributed by atoms with Gasteiger partial charge in [0.05, 0.1) is 0 Å². The van der Waals surface area contributed by atoms with Gasteiger partial charge in [-0.3, -0.25) is 0 Å². The van der Waals surface area contributed by atoms with Crippen LogP contribution >= 0.6 is 0 Å². The average Bonchev–Trinajstić information content (AvgIpc) is 2.25. The summed E-state index contributed by atoms with van der Waals surface area (Å²) in [6.45, 7) is 9.79. The van der Waals surface area contributed by atoms with Crippen LogP contribution in [0.3, 0.4) is 0 Å². The highest BCUT2D eigenvalue weighted by atomic mass is 19.1. The lowest BCUT2D eigenvalue weighted by Crippen LogP contribution is -2.39. The number of fused-ring (bicyclic) bond motifs is 1. The van der Waals surface area contributed by atoms with Gasteiger partial charge in [0.2, 0.25) is 0 Å². The Morgan fingerprint density at radius 3 is 2.59 bits per heavy atom. The molecule has 1 aromatic rings. The van der Waals surface area contributed by atoms with Crippen LogP contribution in [-0.2, 0) is 0 Å². The van der Waals surface area contributed by atoms with E-state index in [0.717, 1.165) is 18.5 Å². The molecule has 1 nitrogen and oxygen atoms in total. The Labute approximate surface area is 103 Å². The van der Waals surface area contributed by atoms with Crippen LogP contribution < -0.4 is 5.32 Å². The van der Waals surface area contributed by atoms with Gasteiger partial charge in [0.15, 0.2) is 0 Å². The molecule has 0 spiro atoms. The largest absolute Gasteiger partial charge is 0.309 e. The van der Waals surface area contributed by atoms with Crippen molar-refractivity contribution in [3.8, 4) is 0 Å². The van der Waals surface area contributed by atoms with Gasteiger partial charge in [-0.15, -0.1) is 0 Å². The normalized spacial score (nSPS) is 24.5. The minimum Gasteiger partial charge on any atom is -0.309 e. The Kier molecular flexibility index (Phi) is 3.26. The van der Waals surface area contributed by atoms with Crippen molar-refractivity contribution in [1.29, 1.82) is 0 Å². The summed E-state index contributed by atoms with van der Waals surface area (Å²) in [7, 11) is 0. The number of hydrogen-bond donors (Lipinski definition) is 1. The van der Waals surface area contributed by atoms with Gasteiger partial charge in [-0.25, -0.2) is 4.39 Å². The maximum Gasteiger partial charge on any atom is 0.123 e. The van der Waals surface area contributed by atoms with Gasteiger partial charge in [0.25, 0.3) is 0 Å². The summed E-state index contributed by atoms with van der Waals surface area (Å²) in [6.07, 6.45) is 1.10. The van der Waals surface area contributed by atoms with Crippen molar-refractivity contribution in [3.63, 3.8) is 0 Å². The Morgan fingerprint density at radius 2 is 2.00 bits per heavy atom. The third-order valence-electron chi connectivity index (χ3n) is 3.73. The number of nitrogens with one attached hydrogen (secondary N) is 1. The summed E-state index contributed by atoms with van der Waals surface area (Å²) >= 11 is 0. The van der Waals surface area contributed by atoms with Gasteiger partial charge in [-0.1, -0.05) is 33.8 Å². The highest BCUT2D eigenvalue weighted by molar-refractivity contribution is 5.37. The van der Waals surface area contributed by atoms with Crippen LogP contribution in [0.15, 0.2) is 18.2 Å². The highest BCUT2D eigenvalue weighted by Crippen LogP contribution is 2.40. The summed E-state index contributed by atoms with van der Waals surface area (Å²) in [5.74, 6) is 0.390. The summed E-state index contributed by atoms with van der Waals surface area (Å²) in [6, 6.07) is 5.52. The van der Waals surface area contributed by atoms with Crippen molar-refractivity contribution in [3.05, 3.63) is 35.1 Å². The van der Waals surface area contributed by atoms with Crippen LogP contribution in [0.25, 0.3) is 0 Å². The molecule has 2 unspecified atom stereocenters. The molecule has 0 saturated heterocycles. The third-order valence-corrected chi connectivity index (χ3v) is 3.73. The SMILES string of the molecule is CCC1CNC(C(C)(C)C)c2cc(F)ccc21. The fraction of sp³-hybridized carbons (Fsp3) is 0.600. The zero-order valence-corrected chi connectivity index (χ0v) is 11.2. The molecule has 2 heteroatoms. The molecular formula is C15H22FN. The van der Waals surface area contributed by atoms with Crippen LogP contribution in [0.1, 0.15) is 57.2 Å². The Balaban J connectivity index is 2.48. The number of benzene rings is 1. The molecule has 0 saturated carbocycles. The zero-order valence-electron chi connectivity index (χ0n) is 11.2. The van der Waals surface area contributed by atoms with Crippen LogP contribution in [0.4, 0.5) is 4.39 Å². The van der Waals surface area contributed by atoms with E-state index in [1.54, 1.807) is 12.1 Å². The minimum absolute atomic E-state index is 0.112. The van der Waals surface area contributed by atoms with Gasteiger partial charge in [-0.05, 0) is 41.0 Å². The van der Waals surface area contributed by atoms with Crippen LogP contribution in [0.5, 0.6) is 0 Å². The maximum absolute atomic E-state index is 13.5. The minimum atomic E-state index is -0.128. The molecule has 0 fully saturated rings. The molecular weight excluding hydrogens is 213 g/mol. The van der Waals surface area contributed by atoms with E-state index in [4.69, 9.17) is 0 Å². The van der Waals surface area contributed by atoms with Gasteiger partial charge in [-0.2, -0.15) is 0 Å². The third kappa shape index (κ3) is 2.37. The lowest BCUT2D eigenvalue weighted by Gasteiger charge is -2.39. The van der Waals surface area contributed by atoms with E-state index in [2.05, 4.69) is 33.0 Å². The molecule has 1 aliphatic rings. The second-order valence-electron chi connectivity index (χ2n) is 6.09. The van der Waals surface area contributed by atoms with E-state index < -0.39 is 0 Å². The van der Waals surface area contributed by atoms with Crippen molar-refractivity contribution >= 4 is 0 Å². The van der Waals surface area contributed by atoms with Crippen molar-refractivity contribution in [2.24, 2.45) is 5.41 Å². The standard InChI is InChI=1S/C15H22FN/c1-5-10-9-17-14(15(2,3)4)13-8-11(16)6-7-12(10)13/h6-8,10,14,17H,5,9H2,1-4H3. The molecule has 0 aromatic heterocycles. The lowest BCUT2D eigenvalue weighted by atomic mass is 9.75. The molecule has 0 bridgehead atoms. The monoisotopic (exact) mass is 235 g/mol. The Bertz CT molecular complexity index is 406. The van der Waals surface area contributed by atoms with Gasteiger partial charge >= 0.3 is 0 Å². The second kappa shape index (κ2) is 4.41. The van der Waals surface area contributed by atoms with Crippen molar-refractivity contribution in [1.82, 2.24) is 5.32 Å². The first-order valence-corrected chi connectivity index (χ1v) is 6.46. The molecule has 2 atom stereocenters. The summed E-state index contributed by atoms with van der Waals surface area (Å²) < 4.78 is 13.5. The highest BCUT2D eigenvalue weighted by Gasteiger charge is 2.33. The summed E-state index contributed by atoms with van der Waals surface area (Å²) in [5, 5.41) is 3.58. The zero-order chi connectivity index (χ0) is 12.6. The van der Waals surface area contributed by atoms with Crippen molar-refractivity contribution in [2.45, 2.75) is 46.1 Å². The Hall–Kier alpha value is -0.890. The quantitative estimate of drug-likeness (QED) is 0.775. The van der Waals surface area contributed by atoms with Gasteiger partial charge in [0, 0.05) is 12.6 Å². The molecule has 1 heterocycles. The average molecular weight is 235 g/mol. The molecule has 2 rings (SSSR count). The molecule has 0 amide bonds. The summed E-state index contributed by atoms with van der Waals surface area (Å²) in [4.78, 5) is 0. The molecule has 94 valence electrons. The molecule has 0 radical (unpaired) electrons. The van der Waals surface area contributed by atoms with Gasteiger partial charge < -0.3 is 5.32 Å². The number of hydrogen-bond acceptors (Lipinski definition) is 1. The first-order chi connectivity index (χ1) is 7.93. The van der Waals surface area contributed by atoms with Gasteiger partial charge in [0.1, 0.15) is 5.82 Å². The molecule has 1 aliphatic heterocycles. The first kappa shape index (κ1) is 12.6. The number of rotatable bonds is 1. The van der Waals surface area contributed by atoms with Crippen molar-refractivity contribution < 1.29 is 4.39 Å². The predicted octanol–water partition coefficient (Wildman–Crippen LogP) is 4.01. The fourth-order valence-electron chi connectivity index (χ4n) is 2.78. The smallest absolute Gasteiger partial charge is 0.123 e. The van der Waals surface area contributed by atoms with E-state index in [1.807, 2.05) is 6.07 Å². The van der Waals surface area contributed by atoms with E-state index in [1.165, 1.54) is 5.56 Å². The Morgan fingerprint density at radius 1 is 1.29 bits per heavy atom. The van der Waals surface area contributed by atoms with Crippen LogP contribution in [0, 0.1) is 11.2 Å². The molecule has 0 aliphatic carbocycles. The first-order valence-electron chi connectivity index (χ1n) is 6.46. The molecule has 1 aromatic carbocycles. The second-order valence-corrected chi connectivity index (χ2v) is 6.09. The van der Waals surface area contributed by atoms with Crippen molar-refractivity contribution in [2.75, 3.05) is 6.54 Å². The van der Waals surface area contributed by atoms with E-state index in [-0.39, 0.29) is 17.3 Å². The topological polar surface area (TPSA) is 12.0 Å². The van der Waals surface area contributed by atoms with E-state index in [0.29, 0.717) is 5.92 Å². The maximum atomic E-state index is 13.5. The van der Waals surface area contributed by atoms with Crippen LogP contribution in [0.2, 0.25) is 0 Å². The van der Waals surface area contributed by atoms with E-state index in [9.17, 15) is 4.39 Å². The molecule has 17 heavy (non-hydrogen) atoms. The fourth-order valence-corrected chi connectivity index (χ4v) is 2.78.